The lowest BCUT2D eigenvalue weighted by molar-refractivity contribution is -0.383. The van der Waals surface area contributed by atoms with Crippen molar-refractivity contribution in [2.24, 2.45) is 0 Å². The molecule has 0 spiro atoms. The van der Waals surface area contributed by atoms with Crippen LogP contribution in [0.3, 0.4) is 0 Å². The number of nitrogens with zero attached hydrogens (tertiary/aromatic N) is 4. The smallest absolute Gasteiger partial charge is 0.353 e. The van der Waals surface area contributed by atoms with Gasteiger partial charge in [-0.2, -0.15) is 0 Å². The monoisotopic (exact) mass is 393 g/mol. The average molecular weight is 393 g/mol. The number of nitrogens with one attached hydrogen (secondary N) is 1. The van der Waals surface area contributed by atoms with Gasteiger partial charge in [-0.25, -0.2) is 9.97 Å². The highest BCUT2D eigenvalue weighted by Crippen LogP contribution is 2.31. The van der Waals surface area contributed by atoms with Crippen molar-refractivity contribution in [3.05, 3.63) is 38.8 Å². The van der Waals surface area contributed by atoms with Crippen LogP contribution in [-0.2, 0) is 16.0 Å². The number of nitro groups is 1. The van der Waals surface area contributed by atoms with Gasteiger partial charge in [-0.3, -0.25) is 14.9 Å². The van der Waals surface area contributed by atoms with Crippen molar-refractivity contribution in [3.8, 4) is 0 Å². The van der Waals surface area contributed by atoms with Crippen LogP contribution in [0.15, 0.2) is 23.8 Å². The van der Waals surface area contributed by atoms with Crippen molar-refractivity contribution < 1.29 is 14.5 Å². The van der Waals surface area contributed by atoms with Gasteiger partial charge in [0.1, 0.15) is 18.5 Å². The van der Waals surface area contributed by atoms with E-state index in [4.69, 9.17) is 4.74 Å². The maximum atomic E-state index is 12.0. The minimum atomic E-state index is -0.635. The Morgan fingerprint density at radius 2 is 2.15 bits per heavy atom. The summed E-state index contributed by atoms with van der Waals surface area (Å²) in [6.45, 7) is 5.60. The number of anilines is 2. The lowest BCUT2D eigenvalue weighted by atomic mass is 10.2. The Morgan fingerprint density at radius 1 is 1.41 bits per heavy atom. The number of aromatic nitrogens is 2. The standard InChI is InChI=1S/C17H23N5O4S/c1-17(2,3)26-13(23)10-21(4)16-14(22(24)25)15(19-11-20-16)18-8-7-12-6-5-9-27-12/h5-6,9,11H,7-8,10H2,1-4H3,(H,18,19,20). The van der Waals surface area contributed by atoms with Crippen LogP contribution in [0.5, 0.6) is 0 Å². The SMILES string of the molecule is CN(CC(=O)OC(C)(C)C)c1ncnc(NCCc2cccs2)c1[N+](=O)[O-]. The lowest BCUT2D eigenvalue weighted by Gasteiger charge is -2.23. The Hall–Kier alpha value is -2.75. The fourth-order valence-electron chi connectivity index (χ4n) is 2.35. The van der Waals surface area contributed by atoms with Gasteiger partial charge in [-0.15, -0.1) is 11.3 Å². The van der Waals surface area contributed by atoms with Gasteiger partial charge in [0.2, 0.25) is 11.6 Å². The molecule has 1 N–H and O–H groups in total. The molecule has 0 aromatic carbocycles. The van der Waals surface area contributed by atoms with E-state index in [1.807, 2.05) is 17.5 Å². The van der Waals surface area contributed by atoms with Crippen molar-refractivity contribution >= 4 is 34.6 Å². The molecule has 146 valence electrons. The number of hydrogen-bond donors (Lipinski definition) is 1. The van der Waals surface area contributed by atoms with Crippen LogP contribution >= 0.6 is 11.3 Å². The van der Waals surface area contributed by atoms with E-state index in [-0.39, 0.29) is 23.9 Å². The van der Waals surface area contributed by atoms with Crippen molar-refractivity contribution in [3.63, 3.8) is 0 Å². The molecule has 0 aliphatic heterocycles. The summed E-state index contributed by atoms with van der Waals surface area (Å²) in [4.78, 5) is 33.6. The zero-order valence-corrected chi connectivity index (χ0v) is 16.6. The number of carbonyl (C=O) groups is 1. The van der Waals surface area contributed by atoms with Gasteiger partial charge >= 0.3 is 11.7 Å². The molecule has 0 unspecified atom stereocenters. The van der Waals surface area contributed by atoms with Crippen molar-refractivity contribution in [1.82, 2.24) is 9.97 Å². The van der Waals surface area contributed by atoms with E-state index < -0.39 is 16.5 Å². The van der Waals surface area contributed by atoms with E-state index >= 15 is 0 Å². The van der Waals surface area contributed by atoms with Crippen LogP contribution in [0.25, 0.3) is 0 Å². The molecule has 2 rings (SSSR count). The third-order valence-electron chi connectivity index (χ3n) is 3.38. The molecule has 0 saturated heterocycles. The van der Waals surface area contributed by atoms with Crippen molar-refractivity contribution in [2.75, 3.05) is 30.4 Å². The van der Waals surface area contributed by atoms with Gasteiger partial charge < -0.3 is 15.0 Å². The second-order valence-corrected chi connectivity index (χ2v) is 7.88. The van der Waals surface area contributed by atoms with Crippen LogP contribution in [0.1, 0.15) is 25.6 Å². The third kappa shape index (κ3) is 6.17. The molecule has 0 fully saturated rings. The molecule has 0 bridgehead atoms. The van der Waals surface area contributed by atoms with E-state index in [1.54, 1.807) is 39.2 Å². The minimum Gasteiger partial charge on any atom is -0.459 e. The van der Waals surface area contributed by atoms with Gasteiger partial charge in [-0.1, -0.05) is 6.07 Å². The molecule has 0 radical (unpaired) electrons. The number of thiophene rings is 1. The van der Waals surface area contributed by atoms with Crippen LogP contribution in [-0.4, -0.2) is 46.6 Å². The number of carbonyl (C=O) groups excluding carboxylic acids is 1. The van der Waals surface area contributed by atoms with Gasteiger partial charge in [0, 0.05) is 18.5 Å². The predicted octanol–water partition coefficient (Wildman–Crippen LogP) is 2.88. The Morgan fingerprint density at radius 3 is 2.74 bits per heavy atom. The molecular weight excluding hydrogens is 370 g/mol. The molecule has 0 amide bonds. The van der Waals surface area contributed by atoms with Gasteiger partial charge in [0.25, 0.3) is 0 Å². The highest BCUT2D eigenvalue weighted by atomic mass is 32.1. The molecule has 0 saturated carbocycles. The average Bonchev–Trinajstić information content (AvgIpc) is 3.05. The highest BCUT2D eigenvalue weighted by Gasteiger charge is 2.27. The van der Waals surface area contributed by atoms with Gasteiger partial charge in [0.15, 0.2) is 0 Å². The second-order valence-electron chi connectivity index (χ2n) is 6.85. The third-order valence-corrected chi connectivity index (χ3v) is 4.31. The highest BCUT2D eigenvalue weighted by molar-refractivity contribution is 7.09. The summed E-state index contributed by atoms with van der Waals surface area (Å²) >= 11 is 1.62. The number of likely N-dealkylation sites (N-methyl/N-ethyl adjacent to an activating group) is 1. The Labute approximate surface area is 161 Å². The van der Waals surface area contributed by atoms with Gasteiger partial charge in [0.05, 0.1) is 4.92 Å². The van der Waals surface area contributed by atoms with Crippen molar-refractivity contribution in [1.29, 1.82) is 0 Å². The molecule has 2 aromatic heterocycles. The molecule has 0 aliphatic rings. The van der Waals surface area contributed by atoms with Crippen molar-refractivity contribution in [2.45, 2.75) is 32.8 Å². The Bertz CT molecular complexity index is 789. The second kappa shape index (κ2) is 8.76. The largest absolute Gasteiger partial charge is 0.459 e. The molecule has 10 heteroatoms. The van der Waals surface area contributed by atoms with Crippen LogP contribution in [0, 0.1) is 10.1 Å². The summed E-state index contributed by atoms with van der Waals surface area (Å²) in [7, 11) is 1.55. The number of hydrogen-bond acceptors (Lipinski definition) is 9. The fourth-order valence-corrected chi connectivity index (χ4v) is 3.06. The summed E-state index contributed by atoms with van der Waals surface area (Å²) in [6, 6.07) is 3.96. The van der Waals surface area contributed by atoms with Crippen LogP contribution in [0.2, 0.25) is 0 Å². The van der Waals surface area contributed by atoms with E-state index in [2.05, 4.69) is 15.3 Å². The minimum absolute atomic E-state index is 0.0551. The first-order valence-corrected chi connectivity index (χ1v) is 9.24. The zero-order valence-electron chi connectivity index (χ0n) is 15.8. The molecule has 9 nitrogen and oxygen atoms in total. The quantitative estimate of drug-likeness (QED) is 0.414. The van der Waals surface area contributed by atoms with E-state index in [0.717, 1.165) is 6.42 Å². The summed E-state index contributed by atoms with van der Waals surface area (Å²) < 4.78 is 5.26. The maximum absolute atomic E-state index is 12.0. The van der Waals surface area contributed by atoms with Crippen LogP contribution in [0.4, 0.5) is 17.3 Å². The molecule has 27 heavy (non-hydrogen) atoms. The first kappa shape index (κ1) is 20.6. The maximum Gasteiger partial charge on any atom is 0.353 e. The summed E-state index contributed by atoms with van der Waals surface area (Å²) in [5.41, 5.74) is -0.904. The molecular formula is C17H23N5O4S. The van der Waals surface area contributed by atoms with E-state index in [9.17, 15) is 14.9 Å². The molecule has 0 atom stereocenters. The first-order chi connectivity index (χ1) is 12.7. The van der Waals surface area contributed by atoms with Crippen LogP contribution < -0.4 is 10.2 Å². The molecule has 2 aromatic rings. The lowest BCUT2D eigenvalue weighted by Crippen LogP contribution is -2.33. The van der Waals surface area contributed by atoms with E-state index in [0.29, 0.717) is 6.54 Å². The molecule has 2 heterocycles. The number of rotatable bonds is 8. The predicted molar refractivity (Wildman–Crippen MR) is 104 cm³/mol. The topological polar surface area (TPSA) is 110 Å². The Kier molecular flexibility index (Phi) is 6.67. The summed E-state index contributed by atoms with van der Waals surface area (Å²) in [5, 5.41) is 16.6. The fraction of sp³-hybridized carbons (Fsp3) is 0.471. The number of ether oxygens (including phenoxy) is 1. The zero-order chi connectivity index (χ0) is 20.0. The normalized spacial score (nSPS) is 11.1. The van der Waals surface area contributed by atoms with Gasteiger partial charge in [-0.05, 0) is 38.6 Å². The number of esters is 1. The van der Waals surface area contributed by atoms with E-state index in [1.165, 1.54) is 16.1 Å². The summed E-state index contributed by atoms with van der Waals surface area (Å²) in [6.07, 6.45) is 1.96. The summed E-state index contributed by atoms with van der Waals surface area (Å²) in [5.74, 6) is -0.317. The Balaban J connectivity index is 2.13. The first-order valence-electron chi connectivity index (χ1n) is 8.36. The molecule has 0 aliphatic carbocycles.